The molecule has 0 aromatic carbocycles. The van der Waals surface area contributed by atoms with Crippen molar-refractivity contribution in [1.29, 1.82) is 0 Å². The summed E-state index contributed by atoms with van der Waals surface area (Å²) in [7, 11) is -4.77. The van der Waals surface area contributed by atoms with Crippen LogP contribution in [0, 0.1) is 3.70 Å². The second kappa shape index (κ2) is 6.49. The zero-order valence-electron chi connectivity index (χ0n) is 10.7. The van der Waals surface area contributed by atoms with Crippen molar-refractivity contribution < 1.29 is 33.8 Å². The smallest absolute Gasteiger partial charge is 0.387 e. The van der Waals surface area contributed by atoms with E-state index in [0.717, 1.165) is 10.6 Å². The molecule has 1 aliphatic heterocycles. The lowest BCUT2D eigenvalue weighted by Gasteiger charge is -2.18. The predicted octanol–water partition coefficient (Wildman–Crippen LogP) is -2.13. The number of nitrogens with zero attached hydrogens (tertiary/aromatic N) is 1. The quantitative estimate of drug-likeness (QED) is 0.195. The van der Waals surface area contributed by atoms with E-state index in [1.54, 1.807) is 22.6 Å². The molecular formula is C9H12IN2O9P. The number of aromatic nitrogens is 2. The van der Waals surface area contributed by atoms with Crippen LogP contribution in [-0.2, 0) is 13.8 Å². The van der Waals surface area contributed by atoms with Gasteiger partial charge in [-0.1, -0.05) is 0 Å². The fraction of sp³-hybridized carbons (Fsp3) is 0.556. The summed E-state index contributed by atoms with van der Waals surface area (Å²) in [6.07, 6.45) is -5.69. The van der Waals surface area contributed by atoms with Crippen molar-refractivity contribution in [2.75, 3.05) is 6.61 Å². The molecule has 1 aliphatic rings. The van der Waals surface area contributed by atoms with Gasteiger partial charge in [-0.15, -0.1) is 0 Å². The molecule has 1 fully saturated rings. The van der Waals surface area contributed by atoms with Crippen LogP contribution in [0.25, 0.3) is 0 Å². The zero-order valence-corrected chi connectivity index (χ0v) is 13.7. The Morgan fingerprint density at radius 3 is 2.55 bits per heavy atom. The fourth-order valence-electron chi connectivity index (χ4n) is 1.96. The molecule has 0 spiro atoms. The van der Waals surface area contributed by atoms with Gasteiger partial charge in [0, 0.05) is 6.07 Å². The Hall–Kier alpha value is -0.600. The predicted molar refractivity (Wildman–Crippen MR) is 78.0 cm³/mol. The van der Waals surface area contributed by atoms with Crippen LogP contribution in [0.5, 0.6) is 0 Å². The Morgan fingerprint density at radius 2 is 2.00 bits per heavy atom. The van der Waals surface area contributed by atoms with Crippen LogP contribution in [0.3, 0.4) is 0 Å². The second-order valence-electron chi connectivity index (χ2n) is 4.46. The van der Waals surface area contributed by atoms with Gasteiger partial charge >= 0.3 is 13.5 Å². The molecule has 13 heteroatoms. The molecule has 2 rings (SSSR count). The van der Waals surface area contributed by atoms with Crippen LogP contribution < -0.4 is 11.2 Å². The maximum absolute atomic E-state index is 11.8. The van der Waals surface area contributed by atoms with Crippen molar-refractivity contribution in [2.45, 2.75) is 24.5 Å². The molecule has 1 aromatic heterocycles. The Morgan fingerprint density at radius 1 is 1.36 bits per heavy atom. The Balaban J connectivity index is 2.26. The van der Waals surface area contributed by atoms with Gasteiger partial charge in [-0.05, 0) is 22.6 Å². The summed E-state index contributed by atoms with van der Waals surface area (Å²) < 4.78 is 21.2. The highest BCUT2D eigenvalue weighted by atomic mass is 127. The standard InChI is InChI=1S/C9H12IN2O9P/c10-4-1-5(13)11-9(16)12(4)8-7(15)6(14)3(21-8)2-20-22(17,18)19/h1,3,6-8,14-15H,2H2,(H,11,13,16)(H2,17,18,19)/t3-,6?,7?,8-/m0/s1. The van der Waals surface area contributed by atoms with E-state index in [0.29, 0.717) is 0 Å². The molecule has 22 heavy (non-hydrogen) atoms. The van der Waals surface area contributed by atoms with Gasteiger partial charge in [0.1, 0.15) is 18.3 Å². The fourth-order valence-corrected chi connectivity index (χ4v) is 3.08. The van der Waals surface area contributed by atoms with Crippen molar-refractivity contribution in [1.82, 2.24) is 9.55 Å². The second-order valence-corrected chi connectivity index (χ2v) is 6.81. The van der Waals surface area contributed by atoms with Crippen molar-refractivity contribution in [2.24, 2.45) is 0 Å². The third-order valence-electron chi connectivity index (χ3n) is 2.93. The number of ether oxygens (including phenoxy) is 1. The average molecular weight is 450 g/mol. The summed E-state index contributed by atoms with van der Waals surface area (Å²) in [6.45, 7) is -0.687. The minimum absolute atomic E-state index is 0.152. The first-order chi connectivity index (χ1) is 10.1. The molecule has 0 saturated carbocycles. The van der Waals surface area contributed by atoms with E-state index in [1.807, 2.05) is 4.98 Å². The van der Waals surface area contributed by atoms with E-state index >= 15 is 0 Å². The molecule has 124 valence electrons. The van der Waals surface area contributed by atoms with E-state index in [4.69, 9.17) is 14.5 Å². The van der Waals surface area contributed by atoms with E-state index in [1.165, 1.54) is 0 Å². The SMILES string of the molecule is O=c1cc(I)n([C@H]2O[C@@H](COP(=O)(O)O)C(O)C2O)c(=O)[nH]1. The third-order valence-corrected chi connectivity index (χ3v) is 4.24. The lowest BCUT2D eigenvalue weighted by molar-refractivity contribution is -0.0555. The summed E-state index contributed by atoms with van der Waals surface area (Å²) in [5.41, 5.74) is -1.50. The third kappa shape index (κ3) is 3.83. The number of aliphatic hydroxyl groups is 2. The van der Waals surface area contributed by atoms with Crippen LogP contribution in [0.2, 0.25) is 0 Å². The number of hydrogen-bond donors (Lipinski definition) is 5. The van der Waals surface area contributed by atoms with Crippen LogP contribution in [0.4, 0.5) is 0 Å². The van der Waals surface area contributed by atoms with Crippen LogP contribution >= 0.6 is 30.4 Å². The van der Waals surface area contributed by atoms with Crippen molar-refractivity contribution in [3.05, 3.63) is 30.6 Å². The van der Waals surface area contributed by atoms with Crippen LogP contribution in [0.1, 0.15) is 6.23 Å². The van der Waals surface area contributed by atoms with E-state index in [-0.39, 0.29) is 3.70 Å². The molecule has 5 N–H and O–H groups in total. The van der Waals surface area contributed by atoms with Crippen molar-refractivity contribution >= 4 is 30.4 Å². The van der Waals surface area contributed by atoms with Gasteiger partial charge in [-0.2, -0.15) is 0 Å². The number of H-pyrrole nitrogens is 1. The van der Waals surface area contributed by atoms with Gasteiger partial charge in [0.05, 0.1) is 10.3 Å². The van der Waals surface area contributed by atoms with Gasteiger partial charge in [-0.3, -0.25) is 18.9 Å². The zero-order chi connectivity index (χ0) is 16.7. The minimum Gasteiger partial charge on any atom is -0.387 e. The van der Waals surface area contributed by atoms with Gasteiger partial charge in [0.15, 0.2) is 6.23 Å². The maximum atomic E-state index is 11.8. The minimum atomic E-state index is -4.77. The number of nitrogens with one attached hydrogen (secondary N) is 1. The topological polar surface area (TPSA) is 171 Å². The first-order valence-electron chi connectivity index (χ1n) is 5.83. The highest BCUT2D eigenvalue weighted by Gasteiger charge is 2.45. The largest absolute Gasteiger partial charge is 0.469 e. The van der Waals surface area contributed by atoms with E-state index in [9.17, 15) is 24.4 Å². The number of aromatic amines is 1. The van der Waals surface area contributed by atoms with E-state index < -0.39 is 50.2 Å². The molecule has 2 unspecified atom stereocenters. The number of rotatable bonds is 4. The Kier molecular flexibility index (Phi) is 5.23. The number of halogens is 1. The molecule has 0 bridgehead atoms. The number of phosphoric acid groups is 1. The molecule has 0 radical (unpaired) electrons. The molecule has 0 aliphatic carbocycles. The summed E-state index contributed by atoms with van der Waals surface area (Å²) in [5, 5.41) is 19.8. The average Bonchev–Trinajstić information content (AvgIpc) is 2.63. The van der Waals surface area contributed by atoms with Gasteiger partial charge in [0.25, 0.3) is 5.56 Å². The number of phosphoric ester groups is 1. The van der Waals surface area contributed by atoms with Gasteiger partial charge in [-0.25, -0.2) is 9.36 Å². The molecular weight excluding hydrogens is 438 g/mol. The summed E-state index contributed by atoms with van der Waals surface area (Å²) in [4.78, 5) is 42.2. The lowest BCUT2D eigenvalue weighted by Crippen LogP contribution is -2.39. The molecule has 1 saturated heterocycles. The summed E-state index contributed by atoms with van der Waals surface area (Å²) in [6, 6.07) is 1.09. The molecule has 1 aromatic rings. The van der Waals surface area contributed by atoms with E-state index in [2.05, 4.69) is 4.52 Å². The first kappa shape index (κ1) is 17.7. The Labute approximate surface area is 135 Å². The monoisotopic (exact) mass is 450 g/mol. The Bertz CT molecular complexity index is 712. The molecule has 0 amide bonds. The molecule has 2 heterocycles. The summed E-state index contributed by atoms with van der Waals surface area (Å²) >= 11 is 1.67. The van der Waals surface area contributed by atoms with Crippen LogP contribution in [0.15, 0.2) is 15.7 Å². The highest BCUT2D eigenvalue weighted by molar-refractivity contribution is 14.1. The molecule has 4 atom stereocenters. The van der Waals surface area contributed by atoms with Gasteiger partial charge < -0.3 is 24.7 Å². The maximum Gasteiger partial charge on any atom is 0.469 e. The number of hydrogen-bond acceptors (Lipinski definition) is 7. The normalized spacial score (nSPS) is 29.0. The van der Waals surface area contributed by atoms with Crippen molar-refractivity contribution in [3.63, 3.8) is 0 Å². The highest BCUT2D eigenvalue weighted by Crippen LogP contribution is 2.38. The molecule has 11 nitrogen and oxygen atoms in total. The first-order valence-corrected chi connectivity index (χ1v) is 8.44. The summed E-state index contributed by atoms with van der Waals surface area (Å²) in [5.74, 6) is 0. The van der Waals surface area contributed by atoms with Crippen LogP contribution in [-0.4, -0.2) is 54.5 Å². The van der Waals surface area contributed by atoms with Crippen molar-refractivity contribution in [3.8, 4) is 0 Å². The van der Waals surface area contributed by atoms with Gasteiger partial charge in [0.2, 0.25) is 0 Å². The number of aliphatic hydroxyl groups excluding tert-OH is 2. The lowest BCUT2D eigenvalue weighted by atomic mass is 10.1.